The van der Waals surface area contributed by atoms with Gasteiger partial charge in [0.1, 0.15) is 0 Å². The van der Waals surface area contributed by atoms with Crippen molar-refractivity contribution in [2.75, 3.05) is 0 Å². The van der Waals surface area contributed by atoms with Gasteiger partial charge in [0.05, 0.1) is 12.1 Å². The summed E-state index contributed by atoms with van der Waals surface area (Å²) in [5.41, 5.74) is 0. The average molecular weight is 190 g/mol. The van der Waals surface area contributed by atoms with Gasteiger partial charge in [0, 0.05) is 12.3 Å². The Hall–Kier alpha value is -1.28. The van der Waals surface area contributed by atoms with Crippen molar-refractivity contribution in [3.05, 3.63) is 12.2 Å². The van der Waals surface area contributed by atoms with Crippen LogP contribution in [0.3, 0.4) is 0 Å². The molecule has 14 heavy (non-hydrogen) atoms. The third-order valence-corrected chi connectivity index (χ3v) is 2.17. The van der Waals surface area contributed by atoms with E-state index in [2.05, 4.69) is 24.3 Å². The third-order valence-electron chi connectivity index (χ3n) is 2.17. The van der Waals surface area contributed by atoms with E-state index >= 15 is 0 Å². The van der Waals surface area contributed by atoms with Crippen LogP contribution in [0.5, 0.6) is 0 Å². The molecule has 1 unspecified atom stereocenters. The summed E-state index contributed by atoms with van der Waals surface area (Å²) in [5.74, 6) is 0.172. The van der Waals surface area contributed by atoms with Gasteiger partial charge in [-0.2, -0.15) is 10.5 Å². The van der Waals surface area contributed by atoms with Crippen molar-refractivity contribution in [1.82, 2.24) is 0 Å². The molecule has 0 N–H and O–H groups in total. The highest BCUT2D eigenvalue weighted by atomic mass is 14.3. The molecule has 2 heteroatoms. The van der Waals surface area contributed by atoms with Crippen molar-refractivity contribution in [1.29, 1.82) is 10.5 Å². The number of hydrogen-bond acceptors (Lipinski definition) is 2. The van der Waals surface area contributed by atoms with Crippen LogP contribution in [0.2, 0.25) is 0 Å². The minimum Gasteiger partial charge on any atom is -0.198 e. The molecule has 0 aliphatic carbocycles. The van der Waals surface area contributed by atoms with E-state index in [0.29, 0.717) is 6.42 Å². The Bertz CT molecular complexity index is 230. The Labute approximate surface area is 86.8 Å². The fraction of sp³-hybridized carbons (Fsp3) is 0.667. The molecule has 0 rings (SSSR count). The molecule has 0 saturated carbocycles. The van der Waals surface area contributed by atoms with Gasteiger partial charge in [-0.05, 0) is 32.1 Å². The summed E-state index contributed by atoms with van der Waals surface area (Å²) < 4.78 is 0. The first kappa shape index (κ1) is 12.7. The van der Waals surface area contributed by atoms with Gasteiger partial charge in [-0.25, -0.2) is 0 Å². The summed E-state index contributed by atoms with van der Waals surface area (Å²) in [6.07, 6.45) is 9.75. The molecule has 0 aromatic rings. The molecule has 0 heterocycles. The maximum absolute atomic E-state index is 8.68. The van der Waals surface area contributed by atoms with Crippen molar-refractivity contribution >= 4 is 0 Å². The molecular formula is C12H18N2. The van der Waals surface area contributed by atoms with Gasteiger partial charge in [0.25, 0.3) is 0 Å². The number of rotatable bonds is 7. The van der Waals surface area contributed by atoms with Crippen LogP contribution in [0.25, 0.3) is 0 Å². The van der Waals surface area contributed by atoms with Gasteiger partial charge in [-0.3, -0.25) is 0 Å². The van der Waals surface area contributed by atoms with Crippen LogP contribution in [0.4, 0.5) is 0 Å². The highest BCUT2D eigenvalue weighted by Crippen LogP contribution is 2.08. The van der Waals surface area contributed by atoms with Gasteiger partial charge in [0.15, 0.2) is 0 Å². The number of allylic oxidation sites excluding steroid dienone is 2. The summed E-state index contributed by atoms with van der Waals surface area (Å²) in [5, 5.41) is 17.0. The Morgan fingerprint density at radius 2 is 2.00 bits per heavy atom. The Kier molecular flexibility index (Phi) is 8.91. The maximum Gasteiger partial charge on any atom is 0.0658 e. The molecule has 0 aromatic carbocycles. The number of hydrogen-bond donors (Lipinski definition) is 0. The molecule has 0 saturated heterocycles. The molecule has 0 aliphatic rings. The smallest absolute Gasteiger partial charge is 0.0658 e. The largest absolute Gasteiger partial charge is 0.198 e. The van der Waals surface area contributed by atoms with Crippen LogP contribution in [-0.4, -0.2) is 0 Å². The third kappa shape index (κ3) is 7.37. The van der Waals surface area contributed by atoms with Crippen molar-refractivity contribution in [2.24, 2.45) is 5.92 Å². The van der Waals surface area contributed by atoms with Crippen LogP contribution >= 0.6 is 0 Å². The molecule has 0 radical (unpaired) electrons. The SMILES string of the molecule is CCC(C#N)C/C=C/CCCCC#N. The summed E-state index contributed by atoms with van der Waals surface area (Å²) in [4.78, 5) is 0. The molecule has 0 bridgehead atoms. The molecule has 76 valence electrons. The highest BCUT2D eigenvalue weighted by Gasteiger charge is 1.99. The van der Waals surface area contributed by atoms with E-state index in [1.807, 2.05) is 6.92 Å². The Morgan fingerprint density at radius 1 is 1.21 bits per heavy atom. The lowest BCUT2D eigenvalue weighted by Crippen LogP contribution is -1.90. The average Bonchev–Trinajstić information content (AvgIpc) is 2.22. The predicted molar refractivity (Wildman–Crippen MR) is 57.2 cm³/mol. The van der Waals surface area contributed by atoms with Gasteiger partial charge in [0.2, 0.25) is 0 Å². The normalized spacial score (nSPS) is 12.2. The zero-order chi connectivity index (χ0) is 10.6. The number of nitrogens with zero attached hydrogens (tertiary/aromatic N) is 2. The second-order valence-electron chi connectivity index (χ2n) is 3.35. The van der Waals surface area contributed by atoms with Gasteiger partial charge in [-0.1, -0.05) is 19.1 Å². The lowest BCUT2D eigenvalue weighted by molar-refractivity contribution is 0.650. The summed E-state index contributed by atoms with van der Waals surface area (Å²) in [6.45, 7) is 2.04. The van der Waals surface area contributed by atoms with Crippen molar-refractivity contribution in [2.45, 2.75) is 45.4 Å². The van der Waals surface area contributed by atoms with Crippen LogP contribution in [0.1, 0.15) is 45.4 Å². The molecule has 0 spiro atoms. The lowest BCUT2D eigenvalue weighted by Gasteiger charge is -1.99. The van der Waals surface area contributed by atoms with Crippen LogP contribution in [0.15, 0.2) is 12.2 Å². The van der Waals surface area contributed by atoms with Gasteiger partial charge >= 0.3 is 0 Å². The maximum atomic E-state index is 8.68. The predicted octanol–water partition coefficient (Wildman–Crippen LogP) is 3.57. The van der Waals surface area contributed by atoms with Gasteiger partial charge in [-0.15, -0.1) is 0 Å². The molecule has 0 amide bonds. The quantitative estimate of drug-likeness (QED) is 0.455. The van der Waals surface area contributed by atoms with Crippen molar-refractivity contribution in [3.8, 4) is 12.1 Å². The van der Waals surface area contributed by atoms with Crippen LogP contribution in [-0.2, 0) is 0 Å². The summed E-state index contributed by atoms with van der Waals surface area (Å²) in [7, 11) is 0. The monoisotopic (exact) mass is 190 g/mol. The second kappa shape index (κ2) is 9.81. The Morgan fingerprint density at radius 3 is 2.57 bits per heavy atom. The number of nitriles is 2. The van der Waals surface area contributed by atoms with E-state index in [-0.39, 0.29) is 5.92 Å². The van der Waals surface area contributed by atoms with Crippen molar-refractivity contribution in [3.63, 3.8) is 0 Å². The van der Waals surface area contributed by atoms with E-state index in [4.69, 9.17) is 10.5 Å². The molecule has 0 aliphatic heterocycles. The first-order valence-corrected chi connectivity index (χ1v) is 5.26. The van der Waals surface area contributed by atoms with Crippen LogP contribution in [0, 0.1) is 28.6 Å². The minimum absolute atomic E-state index is 0.172. The first-order chi connectivity index (χ1) is 6.85. The molecule has 0 fully saturated rings. The number of unbranched alkanes of at least 4 members (excludes halogenated alkanes) is 3. The van der Waals surface area contributed by atoms with E-state index in [9.17, 15) is 0 Å². The van der Waals surface area contributed by atoms with E-state index in [1.165, 1.54) is 0 Å². The van der Waals surface area contributed by atoms with E-state index in [1.54, 1.807) is 0 Å². The standard InChI is InChI=1S/C12H18N2/c1-2-12(11-14)9-7-5-3-4-6-8-10-13/h5,7,12H,2-4,6,8-9H2,1H3/b7-5+. The lowest BCUT2D eigenvalue weighted by atomic mass is 10.0. The summed E-state index contributed by atoms with van der Waals surface area (Å²) in [6, 6.07) is 4.40. The zero-order valence-corrected chi connectivity index (χ0v) is 8.87. The van der Waals surface area contributed by atoms with Gasteiger partial charge < -0.3 is 0 Å². The fourth-order valence-corrected chi connectivity index (χ4v) is 1.16. The minimum atomic E-state index is 0.172. The first-order valence-electron chi connectivity index (χ1n) is 5.26. The molecule has 0 aromatic heterocycles. The van der Waals surface area contributed by atoms with E-state index < -0.39 is 0 Å². The van der Waals surface area contributed by atoms with E-state index in [0.717, 1.165) is 32.1 Å². The fourth-order valence-electron chi connectivity index (χ4n) is 1.16. The van der Waals surface area contributed by atoms with Crippen LogP contribution < -0.4 is 0 Å². The molecular weight excluding hydrogens is 172 g/mol. The van der Waals surface area contributed by atoms with Crippen molar-refractivity contribution < 1.29 is 0 Å². The highest BCUT2D eigenvalue weighted by molar-refractivity contribution is 4.91. The molecule has 1 atom stereocenters. The zero-order valence-electron chi connectivity index (χ0n) is 8.87. The second-order valence-corrected chi connectivity index (χ2v) is 3.35. The Balaban J connectivity index is 3.37. The molecule has 2 nitrogen and oxygen atoms in total. The topological polar surface area (TPSA) is 47.6 Å². The summed E-state index contributed by atoms with van der Waals surface area (Å²) >= 11 is 0.